The first-order valence-electron chi connectivity index (χ1n) is 12.0. The number of aryl methyl sites for hydroxylation is 1. The number of hydrogen-bond donors (Lipinski definition) is 0. The van der Waals surface area contributed by atoms with Crippen molar-refractivity contribution in [2.75, 3.05) is 30.0 Å². The number of methoxy groups -OCH3 is 1. The molecule has 3 heterocycles. The van der Waals surface area contributed by atoms with Gasteiger partial charge in [0, 0.05) is 36.4 Å². The van der Waals surface area contributed by atoms with Crippen LogP contribution in [0.15, 0.2) is 48.5 Å². The van der Waals surface area contributed by atoms with E-state index in [0.29, 0.717) is 18.7 Å². The van der Waals surface area contributed by atoms with Gasteiger partial charge >= 0.3 is 6.15 Å². The van der Waals surface area contributed by atoms with E-state index in [9.17, 15) is 9.59 Å². The molecule has 36 heavy (non-hydrogen) atoms. The highest BCUT2D eigenvalue weighted by atomic mass is 16.5. The van der Waals surface area contributed by atoms with E-state index in [1.54, 1.807) is 11.8 Å². The fourth-order valence-electron chi connectivity index (χ4n) is 4.76. The molecule has 2 aliphatic rings. The molecule has 2 amide bonds. The van der Waals surface area contributed by atoms with Crippen LogP contribution in [0.3, 0.4) is 0 Å². The van der Waals surface area contributed by atoms with Crippen LogP contribution in [0.5, 0.6) is 5.75 Å². The molecule has 9 heteroatoms. The third-order valence-electron chi connectivity index (χ3n) is 6.55. The second-order valence-corrected chi connectivity index (χ2v) is 8.55. The first kappa shape index (κ1) is 24.9. The molecule has 1 fully saturated rings. The van der Waals surface area contributed by atoms with Gasteiger partial charge in [-0.05, 0) is 74.2 Å². The summed E-state index contributed by atoms with van der Waals surface area (Å²) in [5.41, 5.74) is 5.18. The van der Waals surface area contributed by atoms with Crippen LogP contribution >= 0.6 is 0 Å². The molecule has 5 rings (SSSR count). The van der Waals surface area contributed by atoms with Crippen LogP contribution in [0.2, 0.25) is 0 Å². The van der Waals surface area contributed by atoms with E-state index in [1.807, 2.05) is 58.3 Å². The lowest BCUT2D eigenvalue weighted by Gasteiger charge is -2.30. The molecule has 2 aliphatic heterocycles. The maximum Gasteiger partial charge on any atom is 0.373 e. The van der Waals surface area contributed by atoms with Gasteiger partial charge in [0.2, 0.25) is 5.91 Å². The molecule has 3 aromatic rings. The van der Waals surface area contributed by atoms with Crippen molar-refractivity contribution in [2.24, 2.45) is 0 Å². The number of fused-ring (bicyclic) bond motifs is 1. The molecule has 0 spiro atoms. The molecule has 0 bridgehead atoms. The lowest BCUT2D eigenvalue weighted by molar-refractivity contribution is -0.191. The number of benzene rings is 2. The topological polar surface area (TPSA) is 102 Å². The summed E-state index contributed by atoms with van der Waals surface area (Å²) in [5, 5.41) is 4.78. The number of aromatic nitrogens is 2. The minimum atomic E-state index is -0.0546. The number of piperidine rings is 1. The van der Waals surface area contributed by atoms with Crippen LogP contribution in [-0.2, 0) is 27.2 Å². The van der Waals surface area contributed by atoms with Gasteiger partial charge < -0.3 is 14.5 Å². The van der Waals surface area contributed by atoms with Crippen molar-refractivity contribution in [1.29, 1.82) is 0 Å². The molecule has 1 saturated heterocycles. The zero-order valence-corrected chi connectivity index (χ0v) is 20.4. The van der Waals surface area contributed by atoms with Crippen LogP contribution in [0.1, 0.15) is 47.9 Å². The second-order valence-electron chi connectivity index (χ2n) is 8.55. The highest BCUT2D eigenvalue weighted by molar-refractivity contribution is 6.07. The predicted molar refractivity (Wildman–Crippen MR) is 133 cm³/mol. The number of hydrogen-bond acceptors (Lipinski definition) is 6. The minimum absolute atomic E-state index is 0.0546. The fourth-order valence-corrected chi connectivity index (χ4v) is 4.76. The SMILES string of the molecule is CCc1nn(-c2ccc(OC)cc2)c2c1CCN(c1ccc(N3CCCCC3=O)cc1)C2=O.O=C=O. The Kier molecular flexibility index (Phi) is 7.61. The van der Waals surface area contributed by atoms with Crippen molar-refractivity contribution in [3.05, 3.63) is 65.5 Å². The Balaban J connectivity index is 0.000000967. The molecule has 0 unspecified atom stereocenters. The van der Waals surface area contributed by atoms with Gasteiger partial charge in [0.05, 0.1) is 18.5 Å². The molecule has 0 atom stereocenters. The van der Waals surface area contributed by atoms with Gasteiger partial charge in [-0.3, -0.25) is 9.59 Å². The van der Waals surface area contributed by atoms with Crippen LogP contribution in [-0.4, -0.2) is 47.9 Å². The first-order valence-corrected chi connectivity index (χ1v) is 12.0. The summed E-state index contributed by atoms with van der Waals surface area (Å²) in [4.78, 5) is 45.8. The molecule has 0 N–H and O–H groups in total. The third-order valence-corrected chi connectivity index (χ3v) is 6.55. The largest absolute Gasteiger partial charge is 0.497 e. The van der Waals surface area contributed by atoms with Gasteiger partial charge in [-0.15, -0.1) is 0 Å². The molecular weight excluding hydrogens is 460 g/mol. The average molecular weight is 489 g/mol. The Morgan fingerprint density at radius 2 is 1.47 bits per heavy atom. The molecule has 0 radical (unpaired) electrons. The summed E-state index contributed by atoms with van der Waals surface area (Å²) in [7, 11) is 1.63. The Morgan fingerprint density at radius 1 is 0.861 bits per heavy atom. The van der Waals surface area contributed by atoms with E-state index < -0.39 is 0 Å². The van der Waals surface area contributed by atoms with Crippen molar-refractivity contribution in [3.63, 3.8) is 0 Å². The quantitative estimate of drug-likeness (QED) is 0.544. The minimum Gasteiger partial charge on any atom is -0.497 e. The van der Waals surface area contributed by atoms with Gasteiger partial charge in [0.25, 0.3) is 5.91 Å². The maximum absolute atomic E-state index is 13.7. The number of carbonyl (C=O) groups excluding carboxylic acids is 4. The number of amides is 2. The van der Waals surface area contributed by atoms with Crippen LogP contribution in [0.25, 0.3) is 5.69 Å². The normalized spacial score (nSPS) is 15.1. The van der Waals surface area contributed by atoms with Crippen molar-refractivity contribution >= 4 is 29.3 Å². The Morgan fingerprint density at radius 3 is 2.06 bits per heavy atom. The number of rotatable bonds is 5. The summed E-state index contributed by atoms with van der Waals surface area (Å²) in [5.74, 6) is 0.875. The summed E-state index contributed by atoms with van der Waals surface area (Å²) in [6, 6.07) is 15.4. The maximum atomic E-state index is 13.7. The van der Waals surface area contributed by atoms with E-state index in [-0.39, 0.29) is 18.0 Å². The monoisotopic (exact) mass is 488 g/mol. The molecule has 9 nitrogen and oxygen atoms in total. The van der Waals surface area contributed by atoms with Crippen LogP contribution < -0.4 is 14.5 Å². The lowest BCUT2D eigenvalue weighted by atomic mass is 10.0. The fraction of sp³-hybridized carbons (Fsp3) is 0.333. The van der Waals surface area contributed by atoms with E-state index in [2.05, 4.69) is 6.92 Å². The van der Waals surface area contributed by atoms with E-state index in [0.717, 1.165) is 66.3 Å². The summed E-state index contributed by atoms with van der Waals surface area (Å²) < 4.78 is 7.04. The molecule has 2 aromatic carbocycles. The zero-order chi connectivity index (χ0) is 25.7. The Bertz CT molecular complexity index is 1270. The van der Waals surface area contributed by atoms with Gasteiger partial charge in [-0.25, -0.2) is 4.68 Å². The predicted octanol–water partition coefficient (Wildman–Crippen LogP) is 3.58. The zero-order valence-electron chi connectivity index (χ0n) is 20.4. The Labute approximate surface area is 209 Å². The van der Waals surface area contributed by atoms with E-state index in [1.165, 1.54) is 0 Å². The summed E-state index contributed by atoms with van der Waals surface area (Å²) in [6.45, 7) is 3.43. The van der Waals surface area contributed by atoms with Crippen molar-refractivity contribution in [2.45, 2.75) is 39.0 Å². The number of ether oxygens (including phenoxy) is 1. The lowest BCUT2D eigenvalue weighted by Crippen LogP contribution is -2.39. The van der Waals surface area contributed by atoms with Gasteiger partial charge in [0.1, 0.15) is 11.4 Å². The highest BCUT2D eigenvalue weighted by Crippen LogP contribution is 2.31. The molecule has 1 aromatic heterocycles. The number of nitrogens with zero attached hydrogens (tertiary/aromatic N) is 4. The molecule has 0 saturated carbocycles. The van der Waals surface area contributed by atoms with Gasteiger partial charge in [-0.2, -0.15) is 14.7 Å². The van der Waals surface area contributed by atoms with E-state index in [4.69, 9.17) is 19.4 Å². The van der Waals surface area contributed by atoms with E-state index >= 15 is 0 Å². The van der Waals surface area contributed by atoms with Crippen molar-refractivity contribution in [3.8, 4) is 11.4 Å². The van der Waals surface area contributed by atoms with Crippen molar-refractivity contribution in [1.82, 2.24) is 9.78 Å². The summed E-state index contributed by atoms with van der Waals surface area (Å²) >= 11 is 0. The molecule has 186 valence electrons. The van der Waals surface area contributed by atoms with Gasteiger partial charge in [-0.1, -0.05) is 6.92 Å². The summed E-state index contributed by atoms with van der Waals surface area (Å²) in [6.07, 6.45) is 4.37. The average Bonchev–Trinajstić information content (AvgIpc) is 3.30. The third kappa shape index (κ3) is 4.78. The highest BCUT2D eigenvalue weighted by Gasteiger charge is 2.33. The van der Waals surface area contributed by atoms with Gasteiger partial charge in [0.15, 0.2) is 0 Å². The number of anilines is 2. The van der Waals surface area contributed by atoms with Crippen LogP contribution in [0.4, 0.5) is 11.4 Å². The van der Waals surface area contributed by atoms with Crippen LogP contribution in [0, 0.1) is 0 Å². The smallest absolute Gasteiger partial charge is 0.373 e. The Hall–Kier alpha value is -4.23. The second kappa shape index (κ2) is 11.0. The first-order chi connectivity index (χ1) is 17.5. The number of carbonyl (C=O) groups is 2. The molecular formula is C27H28N4O5. The standard InChI is InChI=1S/C26H28N4O3.CO2/c1-3-23-22-15-17-29(19-9-7-18(8-10-19)28-16-5-4-6-24(28)31)26(32)25(22)30(27-23)20-11-13-21(33-2)14-12-20;2-1-3/h7-14H,3-6,15-17H2,1-2H3;. The molecule has 0 aliphatic carbocycles. The van der Waals surface area contributed by atoms with Crippen molar-refractivity contribution < 1.29 is 23.9 Å².